The van der Waals surface area contributed by atoms with Gasteiger partial charge < -0.3 is 5.73 Å². The number of nitrogens with two attached hydrogens (primary N) is 1. The first-order valence-electron chi connectivity index (χ1n) is 7.48. The van der Waals surface area contributed by atoms with Gasteiger partial charge >= 0.3 is 0 Å². The minimum atomic E-state index is 0.470. The first kappa shape index (κ1) is 13.4. The number of aromatic nitrogens is 3. The number of piperidine rings is 1. The maximum atomic E-state index is 6.09. The summed E-state index contributed by atoms with van der Waals surface area (Å²) in [6.07, 6.45) is 5.81. The zero-order chi connectivity index (χ0) is 14.1. The molecule has 0 bridgehead atoms. The standard InChI is InChI=1S/C15H23N5/c1-11-6-7-17-14-13(11)18-15(16)20(14)10-12(2)19-8-4-3-5-9-19/h6-7,12H,3-5,8-10H2,1-2H3,(H2,16,18). The Bertz CT molecular complexity index is 598. The largest absolute Gasteiger partial charge is 0.369 e. The molecule has 3 heterocycles. The van der Waals surface area contributed by atoms with E-state index in [0.717, 1.165) is 23.3 Å². The molecule has 0 aliphatic carbocycles. The van der Waals surface area contributed by atoms with Crippen molar-refractivity contribution in [1.82, 2.24) is 19.4 Å². The summed E-state index contributed by atoms with van der Waals surface area (Å²) in [6, 6.07) is 2.45. The summed E-state index contributed by atoms with van der Waals surface area (Å²) in [5, 5.41) is 0. The van der Waals surface area contributed by atoms with Crippen molar-refractivity contribution in [2.75, 3.05) is 18.8 Å². The SMILES string of the molecule is Cc1ccnc2c1nc(N)n2CC(C)N1CCCCC1. The van der Waals surface area contributed by atoms with Gasteiger partial charge in [-0.25, -0.2) is 9.97 Å². The van der Waals surface area contributed by atoms with Gasteiger partial charge in [-0.1, -0.05) is 6.42 Å². The Morgan fingerprint density at radius 2 is 2.05 bits per heavy atom. The van der Waals surface area contributed by atoms with Crippen molar-refractivity contribution in [3.05, 3.63) is 17.8 Å². The van der Waals surface area contributed by atoms with Crippen LogP contribution in [-0.2, 0) is 6.54 Å². The minimum Gasteiger partial charge on any atom is -0.369 e. The second-order valence-corrected chi connectivity index (χ2v) is 5.83. The number of hydrogen-bond acceptors (Lipinski definition) is 4. The molecule has 0 spiro atoms. The molecule has 108 valence electrons. The van der Waals surface area contributed by atoms with Gasteiger partial charge in [-0.2, -0.15) is 0 Å². The van der Waals surface area contributed by atoms with Gasteiger partial charge in [-0.05, 0) is 51.4 Å². The highest BCUT2D eigenvalue weighted by molar-refractivity contribution is 5.77. The third-order valence-corrected chi connectivity index (χ3v) is 4.33. The quantitative estimate of drug-likeness (QED) is 0.931. The molecule has 5 heteroatoms. The molecule has 20 heavy (non-hydrogen) atoms. The summed E-state index contributed by atoms with van der Waals surface area (Å²) >= 11 is 0. The molecule has 0 saturated carbocycles. The molecule has 0 aromatic carbocycles. The topological polar surface area (TPSA) is 60.0 Å². The Labute approximate surface area is 119 Å². The van der Waals surface area contributed by atoms with E-state index in [1.807, 2.05) is 12.3 Å². The summed E-state index contributed by atoms with van der Waals surface area (Å²) in [6.45, 7) is 7.57. The third kappa shape index (κ3) is 2.38. The summed E-state index contributed by atoms with van der Waals surface area (Å²) in [4.78, 5) is 11.5. The van der Waals surface area contributed by atoms with Crippen LogP contribution in [0.25, 0.3) is 11.2 Å². The highest BCUT2D eigenvalue weighted by atomic mass is 15.2. The minimum absolute atomic E-state index is 0.470. The van der Waals surface area contributed by atoms with E-state index in [4.69, 9.17) is 5.73 Å². The molecule has 1 aliphatic heterocycles. The van der Waals surface area contributed by atoms with Crippen molar-refractivity contribution in [1.29, 1.82) is 0 Å². The molecule has 3 rings (SSSR count). The van der Waals surface area contributed by atoms with Gasteiger partial charge in [-0.3, -0.25) is 9.47 Å². The first-order chi connectivity index (χ1) is 9.66. The van der Waals surface area contributed by atoms with Crippen LogP contribution in [0.3, 0.4) is 0 Å². The number of imidazole rings is 1. The number of rotatable bonds is 3. The Balaban J connectivity index is 1.86. The number of anilines is 1. The van der Waals surface area contributed by atoms with Crippen molar-refractivity contribution in [2.24, 2.45) is 0 Å². The lowest BCUT2D eigenvalue weighted by atomic mass is 10.1. The van der Waals surface area contributed by atoms with E-state index in [2.05, 4.69) is 33.3 Å². The molecule has 1 unspecified atom stereocenters. The molecule has 5 nitrogen and oxygen atoms in total. The van der Waals surface area contributed by atoms with Gasteiger partial charge in [-0.15, -0.1) is 0 Å². The van der Waals surface area contributed by atoms with Crippen LogP contribution in [0.1, 0.15) is 31.7 Å². The molecule has 1 aliphatic rings. The highest BCUT2D eigenvalue weighted by Gasteiger charge is 2.19. The Morgan fingerprint density at radius 3 is 2.80 bits per heavy atom. The fraction of sp³-hybridized carbons (Fsp3) is 0.600. The molecule has 2 aromatic heterocycles. The first-order valence-corrected chi connectivity index (χ1v) is 7.48. The van der Waals surface area contributed by atoms with E-state index in [1.165, 1.54) is 32.4 Å². The van der Waals surface area contributed by atoms with E-state index in [1.54, 1.807) is 0 Å². The van der Waals surface area contributed by atoms with Crippen LogP contribution in [0.5, 0.6) is 0 Å². The molecular formula is C15H23N5. The van der Waals surface area contributed by atoms with Crippen LogP contribution in [0.2, 0.25) is 0 Å². The maximum absolute atomic E-state index is 6.09. The van der Waals surface area contributed by atoms with Crippen LogP contribution in [0, 0.1) is 6.92 Å². The van der Waals surface area contributed by atoms with Gasteiger partial charge in [0.15, 0.2) is 5.65 Å². The lowest BCUT2D eigenvalue weighted by Gasteiger charge is -2.32. The fourth-order valence-electron chi connectivity index (χ4n) is 3.07. The molecule has 1 saturated heterocycles. The lowest BCUT2D eigenvalue weighted by molar-refractivity contribution is 0.161. The monoisotopic (exact) mass is 273 g/mol. The molecule has 1 atom stereocenters. The van der Waals surface area contributed by atoms with Crippen LogP contribution >= 0.6 is 0 Å². The third-order valence-electron chi connectivity index (χ3n) is 4.33. The van der Waals surface area contributed by atoms with Crippen molar-refractivity contribution in [2.45, 2.75) is 45.7 Å². The number of pyridine rings is 1. The van der Waals surface area contributed by atoms with E-state index >= 15 is 0 Å². The number of nitrogens with zero attached hydrogens (tertiary/aromatic N) is 4. The normalized spacial score (nSPS) is 18.5. The Hall–Kier alpha value is -1.62. The predicted octanol–water partition coefficient (Wildman–Crippen LogP) is 2.20. The van der Waals surface area contributed by atoms with E-state index in [-0.39, 0.29) is 0 Å². The number of likely N-dealkylation sites (tertiary alicyclic amines) is 1. The summed E-state index contributed by atoms with van der Waals surface area (Å²) < 4.78 is 2.06. The maximum Gasteiger partial charge on any atom is 0.202 e. The van der Waals surface area contributed by atoms with Crippen molar-refractivity contribution < 1.29 is 0 Å². The summed E-state index contributed by atoms with van der Waals surface area (Å²) in [5.41, 5.74) is 9.06. The zero-order valence-corrected chi connectivity index (χ0v) is 12.3. The molecule has 1 fully saturated rings. The fourth-order valence-corrected chi connectivity index (χ4v) is 3.07. The lowest BCUT2D eigenvalue weighted by Crippen LogP contribution is -2.39. The Kier molecular flexibility index (Phi) is 3.61. The van der Waals surface area contributed by atoms with Crippen molar-refractivity contribution in [3.8, 4) is 0 Å². The van der Waals surface area contributed by atoms with E-state index < -0.39 is 0 Å². The van der Waals surface area contributed by atoms with E-state index in [9.17, 15) is 0 Å². The zero-order valence-electron chi connectivity index (χ0n) is 12.3. The van der Waals surface area contributed by atoms with Gasteiger partial charge in [0, 0.05) is 18.8 Å². The average molecular weight is 273 g/mol. The van der Waals surface area contributed by atoms with E-state index in [0.29, 0.717) is 12.0 Å². The van der Waals surface area contributed by atoms with Crippen LogP contribution in [-0.4, -0.2) is 38.6 Å². The molecule has 2 N–H and O–H groups in total. The second-order valence-electron chi connectivity index (χ2n) is 5.83. The predicted molar refractivity (Wildman–Crippen MR) is 81.6 cm³/mol. The molecular weight excluding hydrogens is 250 g/mol. The summed E-state index contributed by atoms with van der Waals surface area (Å²) in [5.74, 6) is 0.575. The number of hydrogen-bond donors (Lipinski definition) is 1. The van der Waals surface area contributed by atoms with Gasteiger partial charge in [0.05, 0.1) is 0 Å². The van der Waals surface area contributed by atoms with Gasteiger partial charge in [0.2, 0.25) is 5.95 Å². The molecule has 0 amide bonds. The number of nitrogen functional groups attached to an aromatic ring is 1. The van der Waals surface area contributed by atoms with Gasteiger partial charge in [0.25, 0.3) is 0 Å². The van der Waals surface area contributed by atoms with Gasteiger partial charge in [0.1, 0.15) is 5.52 Å². The molecule has 0 radical (unpaired) electrons. The van der Waals surface area contributed by atoms with Crippen LogP contribution < -0.4 is 5.73 Å². The number of aryl methyl sites for hydroxylation is 1. The number of fused-ring (bicyclic) bond motifs is 1. The van der Waals surface area contributed by atoms with Crippen molar-refractivity contribution >= 4 is 17.1 Å². The highest BCUT2D eigenvalue weighted by Crippen LogP contribution is 2.21. The average Bonchev–Trinajstić information content (AvgIpc) is 2.78. The Morgan fingerprint density at radius 1 is 1.30 bits per heavy atom. The summed E-state index contributed by atoms with van der Waals surface area (Å²) in [7, 11) is 0. The smallest absolute Gasteiger partial charge is 0.202 e. The second kappa shape index (κ2) is 5.40. The van der Waals surface area contributed by atoms with Crippen LogP contribution in [0.4, 0.5) is 5.95 Å². The van der Waals surface area contributed by atoms with Crippen LogP contribution in [0.15, 0.2) is 12.3 Å². The molecule has 2 aromatic rings. The van der Waals surface area contributed by atoms with Crippen molar-refractivity contribution in [3.63, 3.8) is 0 Å².